The first-order chi connectivity index (χ1) is 31.9. The number of carbonyl (C=O) groups excluding carboxylic acids is 2. The van der Waals surface area contributed by atoms with Crippen LogP contribution in [0, 0.1) is 27.9 Å². The number of aliphatic hydroxyl groups is 3. The Hall–Kier alpha value is -5.71. The Morgan fingerprint density at radius 2 is 1.71 bits per heavy atom. The van der Waals surface area contributed by atoms with Gasteiger partial charge in [-0.05, 0) is 118 Å². The van der Waals surface area contributed by atoms with Crippen molar-refractivity contribution < 1.29 is 53.6 Å². The maximum Gasteiger partial charge on any atom is 0.269 e. The number of allylic oxidation sites excluding steroid dienone is 1. The molecule has 15 nitrogen and oxygen atoms in total. The van der Waals surface area contributed by atoms with Gasteiger partial charge in [-0.3, -0.25) is 19.7 Å². The normalized spacial score (nSPS) is 22.7. The van der Waals surface area contributed by atoms with E-state index in [9.17, 15) is 35.0 Å². The summed E-state index contributed by atoms with van der Waals surface area (Å²) < 4.78 is 26.6. The van der Waals surface area contributed by atoms with Gasteiger partial charge in [-0.25, -0.2) is 0 Å². The number of hydrogen-bond donors (Lipinski definition) is 3. The molecule has 3 aromatic rings. The number of ether oxygens (including phenoxy) is 4. The molecule has 0 bridgehead atoms. The number of hydrogen-bond acceptors (Lipinski definition) is 13. The van der Waals surface area contributed by atoms with Gasteiger partial charge in [0.1, 0.15) is 35.2 Å². The summed E-state index contributed by atoms with van der Waals surface area (Å²) in [6, 6.07) is 17.5. The first kappa shape index (κ1) is 49.7. The number of amides is 1. The number of nitro benzene ring substituents is 1. The predicted molar refractivity (Wildman–Crippen MR) is 249 cm³/mol. The van der Waals surface area contributed by atoms with Crippen molar-refractivity contribution in [1.29, 1.82) is 0 Å². The molecule has 0 spiro atoms. The molecule has 2 aliphatic carbocycles. The molecule has 15 heteroatoms. The fourth-order valence-corrected chi connectivity index (χ4v) is 9.41. The highest BCUT2D eigenvalue weighted by Crippen LogP contribution is 2.62. The van der Waals surface area contributed by atoms with Crippen molar-refractivity contribution in [3.05, 3.63) is 124 Å². The van der Waals surface area contributed by atoms with Gasteiger partial charge in [-0.15, -0.1) is 6.58 Å². The smallest absolute Gasteiger partial charge is 0.269 e. The second kappa shape index (κ2) is 23.1. The predicted octanol–water partition coefficient (Wildman–Crippen LogP) is 8.18. The van der Waals surface area contributed by atoms with Crippen LogP contribution < -0.4 is 9.47 Å². The maximum atomic E-state index is 14.9. The molecule has 3 aromatic carbocycles. The van der Waals surface area contributed by atoms with E-state index in [1.54, 1.807) is 59.5 Å². The Labute approximate surface area is 386 Å². The third-order valence-corrected chi connectivity index (χ3v) is 12.2. The number of fused-ring (bicyclic) bond motifs is 2. The molecular formula is C51H63N3O12. The molecule has 6 rings (SSSR count). The van der Waals surface area contributed by atoms with E-state index in [4.69, 9.17) is 28.9 Å². The summed E-state index contributed by atoms with van der Waals surface area (Å²) in [7, 11) is 0. The number of rotatable bonds is 24. The molecule has 1 heterocycles. The average molecular weight is 910 g/mol. The second-order valence-electron chi connectivity index (χ2n) is 17.8. The van der Waals surface area contributed by atoms with Gasteiger partial charge in [-0.1, -0.05) is 42.3 Å². The van der Waals surface area contributed by atoms with E-state index in [2.05, 4.69) is 12.7 Å². The van der Waals surface area contributed by atoms with Gasteiger partial charge in [0.2, 0.25) is 11.7 Å². The zero-order valence-corrected chi connectivity index (χ0v) is 38.1. The SMILES string of the molecule is C=CCOC12Oc3ccc(Oc4cccc(C=O)c4)cc3C3C(CCCCO)C(CCCCO)C=C(C(=NOC(C)(C)C)CC1N(CCOCCO)C(=O)C=Cc1ccc([N+](=O)[O-])cc1)C32. The number of nitro groups is 1. The van der Waals surface area contributed by atoms with Gasteiger partial charge < -0.3 is 44.0 Å². The van der Waals surface area contributed by atoms with E-state index in [1.165, 1.54) is 18.2 Å². The minimum Gasteiger partial charge on any atom is -0.459 e. The lowest BCUT2D eigenvalue weighted by molar-refractivity contribution is -0.384. The van der Waals surface area contributed by atoms with Gasteiger partial charge in [-0.2, -0.15) is 0 Å². The van der Waals surface area contributed by atoms with Crippen LogP contribution in [0.25, 0.3) is 6.08 Å². The van der Waals surface area contributed by atoms with Crippen LogP contribution in [0.15, 0.2) is 102 Å². The van der Waals surface area contributed by atoms with Crippen LogP contribution in [0.5, 0.6) is 17.2 Å². The molecule has 1 fully saturated rings. The summed E-state index contributed by atoms with van der Waals surface area (Å²) in [4.78, 5) is 45.3. The third-order valence-electron chi connectivity index (χ3n) is 12.2. The van der Waals surface area contributed by atoms with Crippen LogP contribution in [0.1, 0.15) is 93.1 Å². The van der Waals surface area contributed by atoms with E-state index in [0.717, 1.165) is 43.1 Å². The van der Waals surface area contributed by atoms with Gasteiger partial charge in [0, 0.05) is 61.4 Å². The van der Waals surface area contributed by atoms with Crippen LogP contribution >= 0.6 is 0 Å². The number of unbranched alkanes of at least 4 members (excludes halogenated alkanes) is 2. The van der Waals surface area contributed by atoms with E-state index >= 15 is 0 Å². The molecule has 3 N–H and O–H groups in total. The zero-order chi connectivity index (χ0) is 47.3. The molecule has 1 aliphatic heterocycles. The molecule has 1 saturated carbocycles. The average Bonchev–Trinajstić information content (AvgIpc) is 3.30. The molecule has 6 unspecified atom stereocenters. The standard InChI is InChI=1S/C51H63N3O12/c1-5-27-63-51-46(53(23-28-62-29-26-57)47(59)22-17-35-15-18-38(19-16-35)54(60)61)33-44(52-66-50(2,3)4)42-31-37(12-6-8-24-55)41(14-7-9-25-56)48(49(42)51)43-32-40(20-21-45(43)65-51)64-39-13-10-11-36(30-39)34-58/h5,10-11,13,15-22,30-32,34,37,41,46,48-49,55-57H,1,6-9,12,14,23-29,33H2,2-4H3. The van der Waals surface area contributed by atoms with Crippen molar-refractivity contribution in [3.63, 3.8) is 0 Å². The molecule has 354 valence electrons. The molecular weight excluding hydrogens is 847 g/mol. The number of aldehydes is 1. The molecule has 6 atom stereocenters. The number of nitrogens with zero attached hydrogens (tertiary/aromatic N) is 3. The summed E-state index contributed by atoms with van der Waals surface area (Å²) in [5, 5.41) is 45.8. The van der Waals surface area contributed by atoms with Crippen LogP contribution in [0.2, 0.25) is 0 Å². The van der Waals surface area contributed by atoms with Gasteiger partial charge in [0.05, 0.1) is 43.0 Å². The monoisotopic (exact) mass is 909 g/mol. The second-order valence-corrected chi connectivity index (χ2v) is 17.8. The van der Waals surface area contributed by atoms with Crippen LogP contribution in [0.3, 0.4) is 0 Å². The third kappa shape index (κ3) is 12.0. The van der Waals surface area contributed by atoms with Crippen LogP contribution in [-0.2, 0) is 19.1 Å². The summed E-state index contributed by atoms with van der Waals surface area (Å²) in [5.74, 6) is -1.42. The number of carbonyl (C=O) groups is 2. The summed E-state index contributed by atoms with van der Waals surface area (Å²) in [6.07, 6.45) is 12.0. The van der Waals surface area contributed by atoms with Crippen molar-refractivity contribution in [1.82, 2.24) is 4.90 Å². The largest absolute Gasteiger partial charge is 0.459 e. The lowest BCUT2D eigenvalue weighted by Crippen LogP contribution is -2.70. The van der Waals surface area contributed by atoms with Crippen LogP contribution in [-0.4, -0.2) is 107 Å². The summed E-state index contributed by atoms with van der Waals surface area (Å²) in [5.41, 5.74) is 2.61. The molecule has 0 radical (unpaired) electrons. The Kier molecular flexibility index (Phi) is 17.4. The quantitative estimate of drug-likeness (QED) is 0.0195. The highest BCUT2D eigenvalue weighted by molar-refractivity contribution is 6.03. The van der Waals surface area contributed by atoms with E-state index in [0.29, 0.717) is 46.9 Å². The van der Waals surface area contributed by atoms with Crippen molar-refractivity contribution >= 4 is 29.7 Å². The fourth-order valence-electron chi connectivity index (χ4n) is 9.41. The maximum absolute atomic E-state index is 14.9. The molecule has 3 aliphatic rings. The Morgan fingerprint density at radius 3 is 2.39 bits per heavy atom. The van der Waals surface area contributed by atoms with Crippen LogP contribution in [0.4, 0.5) is 5.69 Å². The number of benzene rings is 3. The summed E-state index contributed by atoms with van der Waals surface area (Å²) >= 11 is 0. The lowest BCUT2D eigenvalue weighted by Gasteiger charge is -2.60. The van der Waals surface area contributed by atoms with Crippen molar-refractivity contribution in [2.45, 2.75) is 89.1 Å². The van der Waals surface area contributed by atoms with Gasteiger partial charge >= 0.3 is 0 Å². The highest BCUT2D eigenvalue weighted by Gasteiger charge is 2.65. The fraction of sp³-hybridized carbons (Fsp3) is 0.471. The Balaban J connectivity index is 1.59. The van der Waals surface area contributed by atoms with E-state index < -0.39 is 34.2 Å². The van der Waals surface area contributed by atoms with Gasteiger partial charge in [0.15, 0.2) is 0 Å². The van der Waals surface area contributed by atoms with Gasteiger partial charge in [0.25, 0.3) is 5.69 Å². The molecule has 0 aromatic heterocycles. The minimum absolute atomic E-state index is 0.00553. The van der Waals surface area contributed by atoms with E-state index in [1.807, 2.05) is 32.9 Å². The van der Waals surface area contributed by atoms with Crippen molar-refractivity contribution in [2.24, 2.45) is 22.9 Å². The first-order valence-corrected chi connectivity index (χ1v) is 22.8. The minimum atomic E-state index is -1.56. The zero-order valence-electron chi connectivity index (χ0n) is 38.1. The molecule has 0 saturated heterocycles. The molecule has 66 heavy (non-hydrogen) atoms. The summed E-state index contributed by atoms with van der Waals surface area (Å²) in [6.45, 7) is 9.84. The highest BCUT2D eigenvalue weighted by atomic mass is 16.7. The van der Waals surface area contributed by atoms with Crippen molar-refractivity contribution in [3.8, 4) is 17.2 Å². The number of oxime groups is 1. The first-order valence-electron chi connectivity index (χ1n) is 22.8. The number of non-ortho nitro benzene ring substituents is 1. The number of aliphatic hydroxyl groups excluding tert-OH is 3. The van der Waals surface area contributed by atoms with E-state index in [-0.39, 0.29) is 76.0 Å². The Morgan fingerprint density at radius 1 is 0.970 bits per heavy atom. The topological polar surface area (TPSA) is 200 Å². The lowest BCUT2D eigenvalue weighted by atomic mass is 9.55. The van der Waals surface area contributed by atoms with Crippen molar-refractivity contribution in [2.75, 3.05) is 46.2 Å². The Bertz CT molecular complexity index is 2230. The molecule has 1 amide bonds.